The fraction of sp³-hybridized carbons (Fsp3) is 0.688. The number of aliphatic hydroxyl groups excluding tert-OH is 1. The third-order valence-electron chi connectivity index (χ3n) is 3.83. The number of hydrogen-bond donors (Lipinski definition) is 8. The Balaban J connectivity index is 4.88. The first-order valence-electron chi connectivity index (χ1n) is 9.01. The van der Waals surface area contributed by atoms with Gasteiger partial charge in [-0.25, -0.2) is 4.79 Å². The first-order chi connectivity index (χ1) is 13.5. The average molecular weight is 418 g/mol. The second kappa shape index (κ2) is 13.4. The highest BCUT2D eigenvalue weighted by Gasteiger charge is 2.29. The molecule has 0 aromatic carbocycles. The van der Waals surface area contributed by atoms with Crippen LogP contribution in [0, 0.1) is 0 Å². The molecule has 0 aromatic rings. The van der Waals surface area contributed by atoms with E-state index in [9.17, 15) is 29.1 Å². The summed E-state index contributed by atoms with van der Waals surface area (Å²) in [7, 11) is 0. The lowest BCUT2D eigenvalue weighted by atomic mass is 10.1. The molecule has 4 amide bonds. The number of hydrogen-bond acceptors (Lipinski definition) is 8. The number of rotatable bonds is 14. The molecule has 11 N–H and O–H groups in total. The average Bonchev–Trinajstić information content (AvgIpc) is 2.61. The number of unbranched alkanes of at least 4 members (excludes halogenated alkanes) is 1. The van der Waals surface area contributed by atoms with E-state index in [-0.39, 0.29) is 6.42 Å². The van der Waals surface area contributed by atoms with E-state index in [0.29, 0.717) is 19.4 Å². The third-order valence-corrected chi connectivity index (χ3v) is 3.83. The number of nitrogens with one attached hydrogen (secondary N) is 3. The molecule has 29 heavy (non-hydrogen) atoms. The molecule has 0 aliphatic carbocycles. The first kappa shape index (κ1) is 26.2. The van der Waals surface area contributed by atoms with E-state index in [4.69, 9.17) is 22.3 Å². The molecule has 166 valence electrons. The van der Waals surface area contributed by atoms with Gasteiger partial charge in [0, 0.05) is 0 Å². The zero-order valence-electron chi connectivity index (χ0n) is 16.2. The molecule has 0 aromatic heterocycles. The number of carbonyl (C=O) groups is 5. The fourth-order valence-corrected chi connectivity index (χ4v) is 2.26. The third kappa shape index (κ3) is 11.0. The summed E-state index contributed by atoms with van der Waals surface area (Å²) in [5, 5.41) is 25.3. The van der Waals surface area contributed by atoms with E-state index in [0.717, 1.165) is 0 Å². The number of amides is 4. The quantitative estimate of drug-likeness (QED) is 0.128. The van der Waals surface area contributed by atoms with Crippen molar-refractivity contribution in [3.8, 4) is 0 Å². The van der Waals surface area contributed by atoms with Crippen LogP contribution in [0.5, 0.6) is 0 Å². The normalized spacial score (nSPS) is 14.8. The molecule has 0 fully saturated rings. The number of carboxylic acids is 1. The van der Waals surface area contributed by atoms with Crippen LogP contribution in [0.3, 0.4) is 0 Å². The molecule has 0 spiro atoms. The van der Waals surface area contributed by atoms with Gasteiger partial charge in [-0.15, -0.1) is 0 Å². The molecule has 13 nitrogen and oxygen atoms in total. The van der Waals surface area contributed by atoms with E-state index >= 15 is 0 Å². The molecule has 0 aliphatic heterocycles. The minimum Gasteiger partial charge on any atom is -0.480 e. The highest BCUT2D eigenvalue weighted by Crippen LogP contribution is 2.03. The zero-order valence-corrected chi connectivity index (χ0v) is 16.2. The molecule has 4 unspecified atom stereocenters. The van der Waals surface area contributed by atoms with Gasteiger partial charge in [-0.1, -0.05) is 0 Å². The fourth-order valence-electron chi connectivity index (χ4n) is 2.26. The summed E-state index contributed by atoms with van der Waals surface area (Å²) in [5.41, 5.74) is 15.8. The lowest BCUT2D eigenvalue weighted by molar-refractivity contribution is -0.145. The number of primary amides is 1. The van der Waals surface area contributed by atoms with Crippen molar-refractivity contribution in [2.75, 3.05) is 13.1 Å². The smallest absolute Gasteiger partial charge is 0.328 e. The molecule has 0 rings (SSSR count). The van der Waals surface area contributed by atoms with Gasteiger partial charge >= 0.3 is 5.97 Å². The monoisotopic (exact) mass is 418 g/mol. The Hall–Kier alpha value is -2.77. The van der Waals surface area contributed by atoms with Gasteiger partial charge in [-0.2, -0.15) is 0 Å². The largest absolute Gasteiger partial charge is 0.480 e. The van der Waals surface area contributed by atoms with Crippen molar-refractivity contribution in [1.29, 1.82) is 0 Å². The summed E-state index contributed by atoms with van der Waals surface area (Å²) in [6, 6.07) is -3.87. The molecule has 4 atom stereocenters. The molecule has 0 aliphatic rings. The van der Waals surface area contributed by atoms with Crippen molar-refractivity contribution in [1.82, 2.24) is 16.0 Å². The summed E-state index contributed by atoms with van der Waals surface area (Å²) in [5.74, 6) is -4.53. The minimum absolute atomic E-state index is 0.163. The van der Waals surface area contributed by atoms with E-state index < -0.39 is 66.8 Å². The summed E-state index contributed by atoms with van der Waals surface area (Å²) >= 11 is 0. The topological polar surface area (TPSA) is 240 Å². The van der Waals surface area contributed by atoms with Gasteiger partial charge in [0.1, 0.15) is 6.04 Å². The Labute approximate surface area is 167 Å². The van der Waals surface area contributed by atoms with Gasteiger partial charge in [-0.3, -0.25) is 19.2 Å². The second-order valence-electron chi connectivity index (χ2n) is 6.46. The number of carbonyl (C=O) groups excluding carboxylic acids is 4. The van der Waals surface area contributed by atoms with Crippen LogP contribution in [0.15, 0.2) is 0 Å². The number of aliphatic hydroxyl groups is 1. The van der Waals surface area contributed by atoms with Crippen LogP contribution < -0.4 is 33.2 Å². The van der Waals surface area contributed by atoms with E-state index in [2.05, 4.69) is 16.0 Å². The summed E-state index contributed by atoms with van der Waals surface area (Å²) in [6.45, 7) is 1.04. The van der Waals surface area contributed by atoms with Gasteiger partial charge in [0.25, 0.3) is 0 Å². The molecular formula is C16H30N6O7. The number of nitrogens with two attached hydrogens (primary N) is 3. The summed E-state index contributed by atoms with van der Waals surface area (Å²) in [4.78, 5) is 58.0. The Kier molecular flexibility index (Phi) is 12.1. The summed E-state index contributed by atoms with van der Waals surface area (Å²) in [6.07, 6.45) is -0.555. The van der Waals surface area contributed by atoms with Crippen molar-refractivity contribution in [3.63, 3.8) is 0 Å². The molecule has 13 heteroatoms. The van der Waals surface area contributed by atoms with Crippen molar-refractivity contribution in [3.05, 3.63) is 0 Å². The lowest BCUT2D eigenvalue weighted by Gasteiger charge is -2.23. The van der Waals surface area contributed by atoms with Crippen LogP contribution in [0.1, 0.15) is 32.6 Å². The molecule has 0 saturated carbocycles. The van der Waals surface area contributed by atoms with Crippen molar-refractivity contribution in [2.45, 2.75) is 56.8 Å². The van der Waals surface area contributed by atoms with Crippen LogP contribution >= 0.6 is 0 Å². The Bertz CT molecular complexity index is 598. The standard InChI is InChI=1S/C16H30N6O7/c1-8(23)13(16(28)29)22-15(27)10(4-2-3-5-17)21-12(25)7-20-14(26)9(18)6-11(19)24/h8-10,13,23H,2-7,17-18H2,1H3,(H2,19,24)(H,20,26)(H,21,25)(H,22,27)(H,28,29). The van der Waals surface area contributed by atoms with E-state index in [1.165, 1.54) is 6.92 Å². The van der Waals surface area contributed by atoms with Gasteiger partial charge < -0.3 is 43.4 Å². The molecular weight excluding hydrogens is 388 g/mol. The molecule has 0 radical (unpaired) electrons. The maximum absolute atomic E-state index is 12.4. The highest BCUT2D eigenvalue weighted by atomic mass is 16.4. The predicted octanol–water partition coefficient (Wildman–Crippen LogP) is -4.13. The first-order valence-corrected chi connectivity index (χ1v) is 9.01. The van der Waals surface area contributed by atoms with Gasteiger partial charge in [0.05, 0.1) is 25.1 Å². The Morgan fingerprint density at radius 1 is 1.03 bits per heavy atom. The maximum atomic E-state index is 12.4. The Morgan fingerprint density at radius 3 is 2.14 bits per heavy atom. The van der Waals surface area contributed by atoms with Crippen molar-refractivity contribution < 1.29 is 34.2 Å². The van der Waals surface area contributed by atoms with Crippen molar-refractivity contribution in [2.24, 2.45) is 17.2 Å². The van der Waals surface area contributed by atoms with Gasteiger partial charge in [-0.05, 0) is 32.7 Å². The van der Waals surface area contributed by atoms with Gasteiger partial charge in [0.2, 0.25) is 23.6 Å². The number of carboxylic acid groups (broad SMARTS) is 1. The highest BCUT2D eigenvalue weighted by molar-refractivity contribution is 5.93. The predicted molar refractivity (Wildman–Crippen MR) is 101 cm³/mol. The van der Waals surface area contributed by atoms with Crippen molar-refractivity contribution >= 4 is 29.6 Å². The van der Waals surface area contributed by atoms with E-state index in [1.807, 2.05) is 0 Å². The van der Waals surface area contributed by atoms with Crippen LogP contribution in [-0.4, -0.2) is 77.1 Å². The van der Waals surface area contributed by atoms with Crippen LogP contribution in [0.2, 0.25) is 0 Å². The van der Waals surface area contributed by atoms with E-state index in [1.54, 1.807) is 0 Å². The Morgan fingerprint density at radius 2 is 1.66 bits per heavy atom. The van der Waals surface area contributed by atoms with Crippen LogP contribution in [-0.2, 0) is 24.0 Å². The zero-order chi connectivity index (χ0) is 22.6. The molecule has 0 saturated heterocycles. The number of aliphatic carboxylic acids is 1. The van der Waals surface area contributed by atoms with Gasteiger partial charge in [0.15, 0.2) is 6.04 Å². The minimum atomic E-state index is -1.55. The van der Waals surface area contributed by atoms with Crippen LogP contribution in [0.25, 0.3) is 0 Å². The lowest BCUT2D eigenvalue weighted by Crippen LogP contribution is -2.56. The van der Waals surface area contributed by atoms with Crippen LogP contribution in [0.4, 0.5) is 0 Å². The second-order valence-corrected chi connectivity index (χ2v) is 6.46. The molecule has 0 bridgehead atoms. The molecule has 0 heterocycles. The summed E-state index contributed by atoms with van der Waals surface area (Å²) < 4.78 is 0. The SMILES string of the molecule is CC(O)C(NC(=O)C(CCCCN)NC(=O)CNC(=O)C(N)CC(N)=O)C(=O)O. The maximum Gasteiger partial charge on any atom is 0.328 e.